The van der Waals surface area contributed by atoms with Crippen LogP contribution < -0.4 is 0 Å². The second-order valence-corrected chi connectivity index (χ2v) is 11.4. The Bertz CT molecular complexity index is 841. The van der Waals surface area contributed by atoms with E-state index in [0.717, 1.165) is 43.4 Å². The van der Waals surface area contributed by atoms with E-state index in [-0.39, 0.29) is 47.2 Å². The van der Waals surface area contributed by atoms with Gasteiger partial charge < -0.3 is 9.64 Å². The Balaban J connectivity index is 1.34. The molecule has 2 saturated heterocycles. The van der Waals surface area contributed by atoms with Crippen LogP contribution in [0.4, 0.5) is 0 Å². The van der Waals surface area contributed by atoms with Gasteiger partial charge in [-0.05, 0) is 32.1 Å². The number of rotatable bonds is 6. The summed E-state index contributed by atoms with van der Waals surface area (Å²) in [7, 11) is -3.16. The van der Waals surface area contributed by atoms with E-state index in [1.165, 1.54) is 0 Å². The molecule has 0 bridgehead atoms. The number of carbonyl (C=O) groups is 4. The average molecular weight is 455 g/mol. The first-order chi connectivity index (χ1) is 14.8. The van der Waals surface area contributed by atoms with Crippen LogP contribution in [-0.4, -0.2) is 78.6 Å². The fourth-order valence-electron chi connectivity index (χ4n) is 5.66. The number of amides is 3. The van der Waals surface area contributed by atoms with Crippen molar-refractivity contribution in [3.63, 3.8) is 0 Å². The number of esters is 1. The van der Waals surface area contributed by atoms with Crippen molar-refractivity contribution >= 4 is 33.5 Å². The van der Waals surface area contributed by atoms with Crippen molar-refractivity contribution in [1.82, 2.24) is 9.80 Å². The van der Waals surface area contributed by atoms with Crippen molar-refractivity contribution in [2.45, 2.75) is 69.9 Å². The first kappa shape index (κ1) is 22.2. The Hall–Kier alpha value is -1.97. The van der Waals surface area contributed by atoms with Crippen molar-refractivity contribution < 1.29 is 32.3 Å². The van der Waals surface area contributed by atoms with Crippen molar-refractivity contribution in [3.05, 3.63) is 0 Å². The van der Waals surface area contributed by atoms with E-state index in [1.54, 1.807) is 4.90 Å². The molecule has 3 atom stereocenters. The summed E-state index contributed by atoms with van der Waals surface area (Å²) in [6.45, 7) is -0.978. The van der Waals surface area contributed by atoms with E-state index < -0.39 is 34.9 Å². The zero-order valence-corrected chi connectivity index (χ0v) is 18.5. The van der Waals surface area contributed by atoms with Crippen molar-refractivity contribution in [2.24, 2.45) is 11.8 Å². The summed E-state index contributed by atoms with van der Waals surface area (Å²) in [6.07, 6.45) is 7.13. The third-order valence-electron chi connectivity index (χ3n) is 7.18. The molecule has 2 aliphatic carbocycles. The Morgan fingerprint density at radius 2 is 1.48 bits per heavy atom. The molecule has 172 valence electrons. The zero-order chi connectivity index (χ0) is 22.2. The van der Waals surface area contributed by atoms with Gasteiger partial charge in [0.25, 0.3) is 5.91 Å². The highest BCUT2D eigenvalue weighted by atomic mass is 32.2. The molecule has 4 rings (SSSR count). The molecule has 2 saturated carbocycles. The van der Waals surface area contributed by atoms with Gasteiger partial charge in [-0.25, -0.2) is 8.42 Å². The Morgan fingerprint density at radius 3 is 2.03 bits per heavy atom. The van der Waals surface area contributed by atoms with Crippen LogP contribution in [-0.2, 0) is 33.8 Å². The van der Waals surface area contributed by atoms with Gasteiger partial charge in [0.15, 0.2) is 16.4 Å². The lowest BCUT2D eigenvalue weighted by Crippen LogP contribution is -2.49. The van der Waals surface area contributed by atoms with Crippen molar-refractivity contribution in [2.75, 3.05) is 24.7 Å². The molecule has 9 nitrogen and oxygen atoms in total. The molecule has 3 amide bonds. The predicted octanol–water partition coefficient (Wildman–Crippen LogP) is 0.663. The van der Waals surface area contributed by atoms with E-state index in [9.17, 15) is 27.6 Å². The third-order valence-corrected chi connectivity index (χ3v) is 8.93. The molecular formula is C21H30N2O7S. The smallest absolute Gasteiger partial charge is 0.326 e. The summed E-state index contributed by atoms with van der Waals surface area (Å²) in [4.78, 5) is 52.9. The lowest BCUT2D eigenvalue weighted by atomic mass is 9.81. The number of carbonyl (C=O) groups excluding carboxylic acids is 4. The molecule has 2 aliphatic heterocycles. The van der Waals surface area contributed by atoms with Crippen LogP contribution in [0.25, 0.3) is 0 Å². The summed E-state index contributed by atoms with van der Waals surface area (Å²) in [6, 6.07) is -0.418. The van der Waals surface area contributed by atoms with Crippen LogP contribution in [0.15, 0.2) is 0 Å². The highest BCUT2D eigenvalue weighted by Crippen LogP contribution is 2.38. The van der Waals surface area contributed by atoms with Gasteiger partial charge in [-0.15, -0.1) is 0 Å². The largest absolute Gasteiger partial charge is 0.454 e. The summed E-state index contributed by atoms with van der Waals surface area (Å²) in [5.74, 6) is -2.49. The Kier molecular flexibility index (Phi) is 6.37. The minimum absolute atomic E-state index is 0.0330. The molecule has 31 heavy (non-hydrogen) atoms. The molecule has 4 fully saturated rings. The maximum atomic E-state index is 12.9. The quantitative estimate of drug-likeness (QED) is 0.427. The van der Waals surface area contributed by atoms with Crippen LogP contribution in [0, 0.1) is 11.8 Å². The standard InChI is InChI=1S/C21H30N2O7S/c24-18(23(14-5-1-2-6-14)15-9-10-31(28,29)13-15)12-30-19(25)11-22-20(26)16-7-3-4-8-17(16)21(22)27/h14-17H,1-13H2. The molecule has 4 aliphatic rings. The number of fused-ring (bicyclic) bond motifs is 1. The lowest BCUT2D eigenvalue weighted by Gasteiger charge is -2.33. The summed E-state index contributed by atoms with van der Waals surface area (Å²) >= 11 is 0. The topological polar surface area (TPSA) is 118 Å². The molecular weight excluding hydrogens is 424 g/mol. The minimum atomic E-state index is -3.16. The first-order valence-corrected chi connectivity index (χ1v) is 13.1. The highest BCUT2D eigenvalue weighted by molar-refractivity contribution is 7.91. The van der Waals surface area contributed by atoms with Crippen molar-refractivity contribution in [3.8, 4) is 0 Å². The molecule has 0 radical (unpaired) electrons. The second kappa shape index (κ2) is 8.88. The first-order valence-electron chi connectivity index (χ1n) is 11.3. The van der Waals surface area contributed by atoms with Gasteiger partial charge >= 0.3 is 5.97 Å². The molecule has 0 aromatic heterocycles. The maximum absolute atomic E-state index is 12.9. The van der Waals surface area contributed by atoms with E-state index >= 15 is 0 Å². The average Bonchev–Trinajstić information content (AvgIpc) is 3.44. The number of imide groups is 1. The number of sulfone groups is 1. The SMILES string of the molecule is O=C(CN1C(=O)C2CCCCC2C1=O)OCC(=O)N(C1CCCC1)C1CCS(=O)(=O)C1. The highest BCUT2D eigenvalue weighted by Gasteiger charge is 2.48. The van der Waals surface area contributed by atoms with E-state index in [2.05, 4.69) is 0 Å². The number of hydrogen-bond acceptors (Lipinski definition) is 7. The lowest BCUT2D eigenvalue weighted by molar-refractivity contribution is -0.158. The van der Waals surface area contributed by atoms with Gasteiger partial charge in [0.05, 0.1) is 23.3 Å². The maximum Gasteiger partial charge on any atom is 0.326 e. The molecule has 0 N–H and O–H groups in total. The zero-order valence-electron chi connectivity index (χ0n) is 17.7. The minimum Gasteiger partial charge on any atom is -0.454 e. The summed E-state index contributed by atoms with van der Waals surface area (Å²) in [5.41, 5.74) is 0. The molecule has 10 heteroatoms. The van der Waals surface area contributed by atoms with Crippen molar-refractivity contribution in [1.29, 1.82) is 0 Å². The van der Waals surface area contributed by atoms with E-state index in [1.807, 2.05) is 0 Å². The molecule has 0 aromatic carbocycles. The fraction of sp³-hybridized carbons (Fsp3) is 0.810. The summed E-state index contributed by atoms with van der Waals surface area (Å²) < 4.78 is 29.0. The third kappa shape index (κ3) is 4.63. The molecule has 0 spiro atoms. The molecule has 3 unspecified atom stereocenters. The van der Waals surface area contributed by atoms with Gasteiger partial charge in [0.1, 0.15) is 6.54 Å². The molecule has 2 heterocycles. The normalized spacial score (nSPS) is 30.5. The van der Waals surface area contributed by atoms with Crippen LogP contribution in [0.2, 0.25) is 0 Å². The van der Waals surface area contributed by atoms with Gasteiger partial charge in [-0.3, -0.25) is 24.1 Å². The predicted molar refractivity (Wildman–Crippen MR) is 109 cm³/mol. The van der Waals surface area contributed by atoms with E-state index in [4.69, 9.17) is 4.74 Å². The van der Waals surface area contributed by atoms with Gasteiger partial charge in [0.2, 0.25) is 11.8 Å². The Morgan fingerprint density at radius 1 is 0.903 bits per heavy atom. The Labute approximate surface area is 182 Å². The van der Waals surface area contributed by atoms with Crippen LogP contribution in [0.1, 0.15) is 57.8 Å². The van der Waals surface area contributed by atoms with Gasteiger partial charge in [-0.1, -0.05) is 25.7 Å². The number of ether oxygens (including phenoxy) is 1. The monoisotopic (exact) mass is 454 g/mol. The summed E-state index contributed by atoms with van der Waals surface area (Å²) in [5, 5.41) is 0. The second-order valence-electron chi connectivity index (χ2n) is 9.22. The molecule has 0 aromatic rings. The number of nitrogens with zero attached hydrogens (tertiary/aromatic N) is 2. The number of hydrogen-bond donors (Lipinski definition) is 0. The fourth-order valence-corrected chi connectivity index (χ4v) is 7.37. The number of likely N-dealkylation sites (tertiary alicyclic amines) is 1. The van der Waals surface area contributed by atoms with E-state index in [0.29, 0.717) is 19.3 Å². The van der Waals surface area contributed by atoms with Gasteiger partial charge in [-0.2, -0.15) is 0 Å². The van der Waals surface area contributed by atoms with Crippen LogP contribution in [0.5, 0.6) is 0 Å². The van der Waals surface area contributed by atoms with Gasteiger partial charge in [0, 0.05) is 12.1 Å². The van der Waals surface area contributed by atoms with Crippen LogP contribution in [0.3, 0.4) is 0 Å². The van der Waals surface area contributed by atoms with Crippen LogP contribution >= 0.6 is 0 Å².